The fourth-order valence-corrected chi connectivity index (χ4v) is 2.28. The molecule has 0 unspecified atom stereocenters. The van der Waals surface area contributed by atoms with Crippen molar-refractivity contribution >= 4 is 21.9 Å². The van der Waals surface area contributed by atoms with Crippen LogP contribution in [0, 0.1) is 5.82 Å². The number of ether oxygens (including phenoxy) is 3. The van der Waals surface area contributed by atoms with Gasteiger partial charge >= 0.3 is 5.97 Å². The first-order chi connectivity index (χ1) is 10.5. The van der Waals surface area contributed by atoms with Crippen molar-refractivity contribution in [1.82, 2.24) is 0 Å². The summed E-state index contributed by atoms with van der Waals surface area (Å²) in [6, 6.07) is 9.01. The van der Waals surface area contributed by atoms with Crippen LogP contribution in [0.15, 0.2) is 40.9 Å². The number of halogens is 2. The third kappa shape index (κ3) is 3.76. The molecule has 2 aromatic rings. The van der Waals surface area contributed by atoms with Crippen molar-refractivity contribution in [2.75, 3.05) is 14.2 Å². The van der Waals surface area contributed by atoms with E-state index in [1.165, 1.54) is 32.4 Å². The molecule has 0 fully saturated rings. The van der Waals surface area contributed by atoms with E-state index in [0.29, 0.717) is 27.1 Å². The molecule has 0 N–H and O–H groups in total. The molecule has 0 saturated heterocycles. The number of carbonyl (C=O) groups excluding carboxylic acids is 1. The van der Waals surface area contributed by atoms with Gasteiger partial charge in [-0.2, -0.15) is 0 Å². The summed E-state index contributed by atoms with van der Waals surface area (Å²) in [5.74, 6) is 0.0314. The summed E-state index contributed by atoms with van der Waals surface area (Å²) >= 11 is 3.29. The van der Waals surface area contributed by atoms with E-state index in [0.717, 1.165) is 0 Å². The predicted octanol–water partition coefficient (Wildman–Crippen LogP) is 3.96. The monoisotopic (exact) mass is 368 g/mol. The van der Waals surface area contributed by atoms with Crippen LogP contribution in [0.2, 0.25) is 0 Å². The van der Waals surface area contributed by atoms with Crippen LogP contribution in [0.1, 0.15) is 15.9 Å². The first-order valence-electron chi connectivity index (χ1n) is 6.38. The highest BCUT2D eigenvalue weighted by molar-refractivity contribution is 9.10. The predicted molar refractivity (Wildman–Crippen MR) is 82.8 cm³/mol. The summed E-state index contributed by atoms with van der Waals surface area (Å²) in [7, 11) is 2.98. The Morgan fingerprint density at radius 3 is 2.59 bits per heavy atom. The Kier molecular flexibility index (Phi) is 5.38. The van der Waals surface area contributed by atoms with Crippen LogP contribution >= 0.6 is 15.9 Å². The molecule has 0 atom stereocenters. The van der Waals surface area contributed by atoms with Gasteiger partial charge in [0.25, 0.3) is 0 Å². The Bertz CT molecular complexity index is 688. The van der Waals surface area contributed by atoms with Crippen LogP contribution in [0.3, 0.4) is 0 Å². The summed E-state index contributed by atoms with van der Waals surface area (Å²) in [4.78, 5) is 12.1. The molecular weight excluding hydrogens is 355 g/mol. The van der Waals surface area contributed by atoms with Crippen LogP contribution in [-0.2, 0) is 11.3 Å². The van der Waals surface area contributed by atoms with Crippen molar-refractivity contribution in [2.45, 2.75) is 6.61 Å². The second-order valence-corrected chi connectivity index (χ2v) is 5.23. The summed E-state index contributed by atoms with van der Waals surface area (Å²) in [5.41, 5.74) is 0.782. The normalized spacial score (nSPS) is 10.2. The van der Waals surface area contributed by atoms with Gasteiger partial charge in [-0.1, -0.05) is 0 Å². The van der Waals surface area contributed by atoms with E-state index >= 15 is 0 Å². The van der Waals surface area contributed by atoms with Crippen molar-refractivity contribution in [2.24, 2.45) is 0 Å². The topological polar surface area (TPSA) is 44.8 Å². The summed E-state index contributed by atoms with van der Waals surface area (Å²) in [5, 5.41) is 0. The number of hydrogen-bond donors (Lipinski definition) is 0. The molecule has 2 aromatic carbocycles. The maximum absolute atomic E-state index is 13.3. The summed E-state index contributed by atoms with van der Waals surface area (Å²) in [6.45, 7) is -0.0938. The van der Waals surface area contributed by atoms with E-state index in [4.69, 9.17) is 14.2 Å². The minimum Gasteiger partial charge on any atom is -0.497 e. The Morgan fingerprint density at radius 1 is 1.14 bits per heavy atom. The lowest BCUT2D eigenvalue weighted by Crippen LogP contribution is -2.07. The molecule has 22 heavy (non-hydrogen) atoms. The molecule has 0 bridgehead atoms. The van der Waals surface area contributed by atoms with Gasteiger partial charge in [-0.25, -0.2) is 9.18 Å². The lowest BCUT2D eigenvalue weighted by molar-refractivity contribution is 0.0468. The smallest absolute Gasteiger partial charge is 0.339 e. The van der Waals surface area contributed by atoms with Gasteiger partial charge in [-0.05, 0) is 52.3 Å². The highest BCUT2D eigenvalue weighted by Crippen LogP contribution is 2.25. The lowest BCUT2D eigenvalue weighted by atomic mass is 10.2. The Hall–Kier alpha value is -2.08. The largest absolute Gasteiger partial charge is 0.497 e. The summed E-state index contributed by atoms with van der Waals surface area (Å²) < 4.78 is 29.3. The standard InChI is InChI=1S/C16H14BrFO4/c1-20-12-4-5-14(17)13(8-12)16(19)22-9-10-7-11(18)3-6-15(10)21-2/h3-8H,9H2,1-2H3. The molecule has 0 radical (unpaired) electrons. The number of rotatable bonds is 5. The van der Waals surface area contributed by atoms with E-state index in [1.54, 1.807) is 18.2 Å². The SMILES string of the molecule is COc1ccc(Br)c(C(=O)OCc2cc(F)ccc2OC)c1. The van der Waals surface area contributed by atoms with E-state index in [1.807, 2.05) is 0 Å². The van der Waals surface area contributed by atoms with Crippen LogP contribution in [0.4, 0.5) is 4.39 Å². The number of benzene rings is 2. The highest BCUT2D eigenvalue weighted by atomic mass is 79.9. The Labute approximate surface area is 135 Å². The first-order valence-corrected chi connectivity index (χ1v) is 7.17. The van der Waals surface area contributed by atoms with Crippen LogP contribution < -0.4 is 9.47 Å². The molecule has 0 saturated carbocycles. The Morgan fingerprint density at radius 2 is 1.91 bits per heavy atom. The van der Waals surface area contributed by atoms with Gasteiger partial charge < -0.3 is 14.2 Å². The van der Waals surface area contributed by atoms with Crippen molar-refractivity contribution in [1.29, 1.82) is 0 Å². The average Bonchev–Trinajstić information content (AvgIpc) is 2.53. The molecule has 0 aromatic heterocycles. The minimum atomic E-state index is -0.544. The number of methoxy groups -OCH3 is 2. The van der Waals surface area contributed by atoms with E-state index in [2.05, 4.69) is 15.9 Å². The maximum atomic E-state index is 13.3. The fraction of sp³-hybridized carbons (Fsp3) is 0.188. The molecular formula is C16H14BrFO4. The molecule has 2 rings (SSSR count). The lowest BCUT2D eigenvalue weighted by Gasteiger charge is -2.11. The zero-order chi connectivity index (χ0) is 16.1. The summed E-state index contributed by atoms with van der Waals surface area (Å²) in [6.07, 6.45) is 0. The molecule has 0 heterocycles. The molecule has 0 aliphatic rings. The van der Waals surface area contributed by atoms with Crippen molar-refractivity contribution in [3.8, 4) is 11.5 Å². The van der Waals surface area contributed by atoms with Gasteiger partial charge in [0.15, 0.2) is 0 Å². The van der Waals surface area contributed by atoms with Crippen LogP contribution in [0.25, 0.3) is 0 Å². The van der Waals surface area contributed by atoms with Gasteiger partial charge in [0, 0.05) is 10.0 Å². The second-order valence-electron chi connectivity index (χ2n) is 4.38. The van der Waals surface area contributed by atoms with Crippen molar-refractivity contribution in [3.63, 3.8) is 0 Å². The third-order valence-electron chi connectivity index (χ3n) is 2.99. The first kappa shape index (κ1) is 16.3. The number of carbonyl (C=O) groups is 1. The zero-order valence-electron chi connectivity index (χ0n) is 12.1. The maximum Gasteiger partial charge on any atom is 0.339 e. The van der Waals surface area contributed by atoms with Gasteiger partial charge in [0.2, 0.25) is 0 Å². The molecule has 0 amide bonds. The quantitative estimate of drug-likeness (QED) is 0.749. The Balaban J connectivity index is 2.15. The van der Waals surface area contributed by atoms with Gasteiger partial charge in [-0.3, -0.25) is 0 Å². The molecule has 0 aliphatic heterocycles. The molecule has 0 spiro atoms. The van der Waals surface area contributed by atoms with Crippen molar-refractivity contribution < 1.29 is 23.4 Å². The zero-order valence-corrected chi connectivity index (χ0v) is 13.6. The number of hydrogen-bond acceptors (Lipinski definition) is 4. The highest BCUT2D eigenvalue weighted by Gasteiger charge is 2.14. The van der Waals surface area contributed by atoms with E-state index in [9.17, 15) is 9.18 Å². The average molecular weight is 369 g/mol. The van der Waals surface area contributed by atoms with Gasteiger partial charge in [-0.15, -0.1) is 0 Å². The molecule has 6 heteroatoms. The third-order valence-corrected chi connectivity index (χ3v) is 3.69. The van der Waals surface area contributed by atoms with Crippen LogP contribution in [-0.4, -0.2) is 20.2 Å². The van der Waals surface area contributed by atoms with Crippen LogP contribution in [0.5, 0.6) is 11.5 Å². The molecule has 4 nitrogen and oxygen atoms in total. The van der Waals surface area contributed by atoms with Gasteiger partial charge in [0.05, 0.1) is 19.8 Å². The van der Waals surface area contributed by atoms with Crippen molar-refractivity contribution in [3.05, 3.63) is 57.8 Å². The molecule has 0 aliphatic carbocycles. The molecule has 116 valence electrons. The fourth-order valence-electron chi connectivity index (χ4n) is 1.87. The van der Waals surface area contributed by atoms with E-state index < -0.39 is 11.8 Å². The number of esters is 1. The van der Waals surface area contributed by atoms with E-state index in [-0.39, 0.29) is 6.61 Å². The minimum absolute atomic E-state index is 0.0938. The second kappa shape index (κ2) is 7.26. The van der Waals surface area contributed by atoms with Gasteiger partial charge in [0.1, 0.15) is 23.9 Å².